The lowest BCUT2D eigenvalue weighted by atomic mass is 9.89. The Labute approximate surface area is 110 Å². The molecule has 1 heterocycles. The SMILES string of the molecule is Cl.OCCCc1ccc(C2CCNCC2)cc1. The van der Waals surface area contributed by atoms with E-state index in [1.165, 1.54) is 24.0 Å². The van der Waals surface area contributed by atoms with Gasteiger partial charge in [-0.1, -0.05) is 24.3 Å². The lowest BCUT2D eigenvalue weighted by Crippen LogP contribution is -2.26. The van der Waals surface area contributed by atoms with E-state index in [4.69, 9.17) is 5.11 Å². The van der Waals surface area contributed by atoms with Gasteiger partial charge in [0.05, 0.1) is 0 Å². The first-order valence-electron chi connectivity index (χ1n) is 6.30. The van der Waals surface area contributed by atoms with Crippen LogP contribution in [-0.4, -0.2) is 24.8 Å². The number of rotatable bonds is 4. The van der Waals surface area contributed by atoms with E-state index >= 15 is 0 Å². The monoisotopic (exact) mass is 255 g/mol. The fourth-order valence-corrected chi connectivity index (χ4v) is 2.39. The van der Waals surface area contributed by atoms with Gasteiger partial charge in [-0.25, -0.2) is 0 Å². The Morgan fingerprint density at radius 1 is 1.12 bits per heavy atom. The summed E-state index contributed by atoms with van der Waals surface area (Å²) in [6, 6.07) is 8.96. The largest absolute Gasteiger partial charge is 0.396 e. The van der Waals surface area contributed by atoms with E-state index in [1.807, 2.05) is 0 Å². The maximum atomic E-state index is 8.78. The van der Waals surface area contributed by atoms with Gasteiger partial charge in [-0.2, -0.15) is 0 Å². The molecule has 0 amide bonds. The van der Waals surface area contributed by atoms with E-state index in [0.29, 0.717) is 0 Å². The van der Waals surface area contributed by atoms with Gasteiger partial charge in [0, 0.05) is 6.61 Å². The van der Waals surface area contributed by atoms with E-state index in [-0.39, 0.29) is 19.0 Å². The predicted molar refractivity (Wildman–Crippen MR) is 73.9 cm³/mol. The molecule has 1 aliphatic rings. The first kappa shape index (κ1) is 14.5. The Morgan fingerprint density at radius 3 is 2.35 bits per heavy atom. The predicted octanol–water partition coefficient (Wildman–Crippen LogP) is 2.50. The van der Waals surface area contributed by atoms with Gasteiger partial charge < -0.3 is 10.4 Å². The van der Waals surface area contributed by atoms with Crippen molar-refractivity contribution in [2.75, 3.05) is 19.7 Å². The summed E-state index contributed by atoms with van der Waals surface area (Å²) >= 11 is 0. The van der Waals surface area contributed by atoms with Crippen LogP contribution in [0.3, 0.4) is 0 Å². The van der Waals surface area contributed by atoms with Crippen LogP contribution in [0.2, 0.25) is 0 Å². The molecule has 0 atom stereocenters. The lowest BCUT2D eigenvalue weighted by Gasteiger charge is -2.23. The van der Waals surface area contributed by atoms with Crippen LogP contribution in [0.1, 0.15) is 36.3 Å². The third kappa shape index (κ3) is 4.30. The molecule has 1 aromatic rings. The molecule has 3 heteroatoms. The molecular weight excluding hydrogens is 234 g/mol. The van der Waals surface area contributed by atoms with Gasteiger partial charge in [0.15, 0.2) is 0 Å². The number of benzene rings is 1. The quantitative estimate of drug-likeness (QED) is 0.867. The van der Waals surface area contributed by atoms with Crippen LogP contribution in [0, 0.1) is 0 Å². The van der Waals surface area contributed by atoms with E-state index in [1.54, 1.807) is 0 Å². The third-order valence-electron chi connectivity index (χ3n) is 3.41. The number of piperidine rings is 1. The summed E-state index contributed by atoms with van der Waals surface area (Å²) in [5.74, 6) is 0.744. The minimum absolute atomic E-state index is 0. The fraction of sp³-hybridized carbons (Fsp3) is 0.571. The van der Waals surface area contributed by atoms with Gasteiger partial charge in [0.1, 0.15) is 0 Å². The molecule has 0 spiro atoms. The zero-order valence-corrected chi connectivity index (χ0v) is 11.0. The minimum Gasteiger partial charge on any atom is -0.396 e. The highest BCUT2D eigenvalue weighted by Crippen LogP contribution is 2.25. The van der Waals surface area contributed by atoms with Crippen LogP contribution in [0.5, 0.6) is 0 Å². The first-order chi connectivity index (χ1) is 7.90. The van der Waals surface area contributed by atoms with Crippen molar-refractivity contribution in [1.29, 1.82) is 0 Å². The highest BCUT2D eigenvalue weighted by Gasteiger charge is 2.14. The fourth-order valence-electron chi connectivity index (χ4n) is 2.39. The third-order valence-corrected chi connectivity index (χ3v) is 3.41. The number of aryl methyl sites for hydroxylation is 1. The molecule has 1 fully saturated rings. The van der Waals surface area contributed by atoms with Gasteiger partial charge in [0.2, 0.25) is 0 Å². The molecule has 2 nitrogen and oxygen atoms in total. The minimum atomic E-state index is 0. The Hall–Kier alpha value is -0.570. The molecule has 0 unspecified atom stereocenters. The zero-order chi connectivity index (χ0) is 11.2. The van der Waals surface area contributed by atoms with Crippen LogP contribution in [0.4, 0.5) is 0 Å². The molecule has 1 aromatic carbocycles. The molecule has 0 radical (unpaired) electrons. The average molecular weight is 256 g/mol. The van der Waals surface area contributed by atoms with Crippen LogP contribution < -0.4 is 5.32 Å². The van der Waals surface area contributed by atoms with Crippen molar-refractivity contribution in [2.45, 2.75) is 31.6 Å². The van der Waals surface area contributed by atoms with Crippen molar-refractivity contribution in [3.8, 4) is 0 Å². The molecule has 0 saturated carbocycles. The van der Waals surface area contributed by atoms with Crippen molar-refractivity contribution in [2.24, 2.45) is 0 Å². The summed E-state index contributed by atoms with van der Waals surface area (Å²) in [7, 11) is 0. The number of halogens is 1. The number of hydrogen-bond acceptors (Lipinski definition) is 2. The van der Waals surface area contributed by atoms with Gasteiger partial charge in [-0.15, -0.1) is 12.4 Å². The Bertz CT molecular complexity index is 307. The lowest BCUT2D eigenvalue weighted by molar-refractivity contribution is 0.288. The Morgan fingerprint density at radius 2 is 1.76 bits per heavy atom. The van der Waals surface area contributed by atoms with E-state index < -0.39 is 0 Å². The number of aliphatic hydroxyl groups excluding tert-OH is 1. The van der Waals surface area contributed by atoms with Crippen LogP contribution >= 0.6 is 12.4 Å². The second kappa shape index (κ2) is 7.70. The second-order valence-corrected chi connectivity index (χ2v) is 4.59. The molecule has 1 saturated heterocycles. The van der Waals surface area contributed by atoms with Crippen LogP contribution in [0.15, 0.2) is 24.3 Å². The average Bonchev–Trinajstić information content (AvgIpc) is 2.38. The van der Waals surface area contributed by atoms with Gasteiger partial charge >= 0.3 is 0 Å². The summed E-state index contributed by atoms with van der Waals surface area (Å²) in [6.45, 7) is 2.59. The Kier molecular flexibility index (Phi) is 6.56. The Balaban J connectivity index is 0.00000144. The molecule has 17 heavy (non-hydrogen) atoms. The molecule has 2 N–H and O–H groups in total. The van der Waals surface area contributed by atoms with E-state index in [9.17, 15) is 0 Å². The standard InChI is InChI=1S/C14H21NO.ClH/c16-11-1-2-12-3-5-13(6-4-12)14-7-9-15-10-8-14;/h3-6,14-16H,1-2,7-11H2;1H. The van der Waals surface area contributed by atoms with E-state index in [2.05, 4.69) is 29.6 Å². The summed E-state index contributed by atoms with van der Waals surface area (Å²) in [5, 5.41) is 12.2. The van der Waals surface area contributed by atoms with E-state index in [0.717, 1.165) is 31.8 Å². The number of aliphatic hydroxyl groups is 1. The van der Waals surface area contributed by atoms with Gasteiger partial charge in [-0.3, -0.25) is 0 Å². The normalized spacial score (nSPS) is 16.5. The molecule has 0 bridgehead atoms. The maximum Gasteiger partial charge on any atom is 0.0434 e. The molecular formula is C14H22ClNO. The van der Waals surface area contributed by atoms with Crippen LogP contribution in [0.25, 0.3) is 0 Å². The number of hydrogen-bond donors (Lipinski definition) is 2. The molecule has 2 rings (SSSR count). The summed E-state index contributed by atoms with van der Waals surface area (Å²) < 4.78 is 0. The van der Waals surface area contributed by atoms with Crippen molar-refractivity contribution in [1.82, 2.24) is 5.32 Å². The van der Waals surface area contributed by atoms with Crippen molar-refractivity contribution >= 4 is 12.4 Å². The highest BCUT2D eigenvalue weighted by atomic mass is 35.5. The van der Waals surface area contributed by atoms with Crippen molar-refractivity contribution < 1.29 is 5.11 Å². The topological polar surface area (TPSA) is 32.3 Å². The number of nitrogens with one attached hydrogen (secondary N) is 1. The van der Waals surface area contributed by atoms with Crippen LogP contribution in [-0.2, 0) is 6.42 Å². The molecule has 1 aliphatic heterocycles. The van der Waals surface area contributed by atoms with Crippen molar-refractivity contribution in [3.63, 3.8) is 0 Å². The molecule has 96 valence electrons. The smallest absolute Gasteiger partial charge is 0.0434 e. The summed E-state index contributed by atoms with van der Waals surface area (Å²) in [6.07, 6.45) is 4.38. The first-order valence-corrected chi connectivity index (χ1v) is 6.30. The molecule has 0 aromatic heterocycles. The summed E-state index contributed by atoms with van der Waals surface area (Å²) in [5.41, 5.74) is 2.82. The summed E-state index contributed by atoms with van der Waals surface area (Å²) in [4.78, 5) is 0. The zero-order valence-electron chi connectivity index (χ0n) is 10.2. The van der Waals surface area contributed by atoms with Gasteiger partial charge in [0.25, 0.3) is 0 Å². The molecule has 0 aliphatic carbocycles. The second-order valence-electron chi connectivity index (χ2n) is 4.59. The van der Waals surface area contributed by atoms with Crippen molar-refractivity contribution in [3.05, 3.63) is 35.4 Å². The maximum absolute atomic E-state index is 8.78. The highest BCUT2D eigenvalue weighted by molar-refractivity contribution is 5.85. The van der Waals surface area contributed by atoms with Gasteiger partial charge in [-0.05, 0) is 55.8 Å².